The zero-order chi connectivity index (χ0) is 36.3. The van der Waals surface area contributed by atoms with Crippen LogP contribution in [-0.2, 0) is 33.4 Å². The molecule has 0 fully saturated rings. The van der Waals surface area contributed by atoms with Crippen LogP contribution in [0.4, 0.5) is 0 Å². The fraction of sp³-hybridized carbons (Fsp3) is 0.657. The number of nitrogens with one attached hydrogen (secondary N) is 2. The lowest BCUT2D eigenvalue weighted by Gasteiger charge is -2.24. The Bertz CT molecular complexity index is 1200. The first kappa shape index (κ1) is 41.9. The molecule has 0 saturated heterocycles. The van der Waals surface area contributed by atoms with Crippen molar-refractivity contribution in [3.05, 3.63) is 29.8 Å². The maximum Gasteiger partial charge on any atom is 0.338 e. The number of amides is 2. The van der Waals surface area contributed by atoms with Crippen molar-refractivity contribution in [2.24, 2.45) is 0 Å². The summed E-state index contributed by atoms with van der Waals surface area (Å²) < 4.78 is 16.5. The van der Waals surface area contributed by atoms with Crippen LogP contribution in [0.1, 0.15) is 129 Å². The second-order valence-corrected chi connectivity index (χ2v) is 13.7. The summed E-state index contributed by atoms with van der Waals surface area (Å²) in [7, 11) is 0. The van der Waals surface area contributed by atoms with Crippen LogP contribution in [0.25, 0.3) is 0 Å². The fourth-order valence-electron chi connectivity index (χ4n) is 4.44. The van der Waals surface area contributed by atoms with Crippen molar-refractivity contribution >= 4 is 35.7 Å². The van der Waals surface area contributed by atoms with E-state index in [1.54, 1.807) is 45.0 Å². The average molecular weight is 679 g/mol. The second kappa shape index (κ2) is 20.9. The smallest absolute Gasteiger partial charge is 0.338 e. The normalized spacial score (nSPS) is 12.7. The van der Waals surface area contributed by atoms with E-state index in [-0.39, 0.29) is 37.6 Å². The van der Waals surface area contributed by atoms with Gasteiger partial charge in [-0.2, -0.15) is 0 Å². The molecule has 48 heavy (non-hydrogen) atoms. The minimum absolute atomic E-state index is 0.112. The highest BCUT2D eigenvalue weighted by atomic mass is 16.6. The van der Waals surface area contributed by atoms with Crippen LogP contribution in [0.5, 0.6) is 5.75 Å². The van der Waals surface area contributed by atoms with Crippen molar-refractivity contribution in [3.63, 3.8) is 0 Å². The Labute approximate surface area is 283 Å². The van der Waals surface area contributed by atoms with Gasteiger partial charge in [-0.3, -0.25) is 14.4 Å². The molecule has 13 nitrogen and oxygen atoms in total. The lowest BCUT2D eigenvalue weighted by Crippen LogP contribution is -2.46. The standard InChI is InChI=1S/C35H54N2O11/c1-34(2,3)47-32(44)24-15-17-25(18-16-24)46-23-13-11-9-7-8-10-12-14-28(38)37-27(33(45)48-35(4,5)6)19-21-29(39)36-26(31(42)43)20-22-30(40)41/h15-18,26-27H,7-14,19-23H2,1-6H3,(H,36,39)(H,37,38)(H,40,41)(H,42,43). The van der Waals surface area contributed by atoms with Gasteiger partial charge in [0.05, 0.1) is 12.2 Å². The van der Waals surface area contributed by atoms with E-state index in [9.17, 15) is 33.9 Å². The lowest BCUT2D eigenvalue weighted by molar-refractivity contribution is -0.159. The Morgan fingerprint density at radius 3 is 1.69 bits per heavy atom. The van der Waals surface area contributed by atoms with E-state index in [2.05, 4.69) is 10.6 Å². The third kappa shape index (κ3) is 20.2. The van der Waals surface area contributed by atoms with E-state index in [1.165, 1.54) is 0 Å². The zero-order valence-corrected chi connectivity index (χ0v) is 29.2. The van der Waals surface area contributed by atoms with Gasteiger partial charge < -0.3 is 35.1 Å². The maximum absolute atomic E-state index is 12.7. The number of carboxylic acid groups (broad SMARTS) is 2. The molecule has 0 radical (unpaired) electrons. The number of carbonyl (C=O) groups excluding carboxylic acids is 4. The van der Waals surface area contributed by atoms with Gasteiger partial charge in [-0.25, -0.2) is 14.4 Å². The molecule has 0 saturated carbocycles. The third-order valence-electron chi connectivity index (χ3n) is 6.77. The molecule has 0 aliphatic rings. The van der Waals surface area contributed by atoms with E-state index < -0.39 is 53.5 Å². The molecule has 0 aliphatic heterocycles. The first-order valence-electron chi connectivity index (χ1n) is 16.6. The Morgan fingerprint density at radius 1 is 0.646 bits per heavy atom. The Balaban J connectivity index is 2.36. The van der Waals surface area contributed by atoms with Crippen molar-refractivity contribution in [2.45, 2.75) is 142 Å². The van der Waals surface area contributed by atoms with Gasteiger partial charge >= 0.3 is 23.9 Å². The fourth-order valence-corrected chi connectivity index (χ4v) is 4.44. The van der Waals surface area contributed by atoms with Crippen LogP contribution in [0.2, 0.25) is 0 Å². The molecule has 1 aromatic carbocycles. The highest BCUT2D eigenvalue weighted by Gasteiger charge is 2.28. The lowest BCUT2D eigenvalue weighted by atomic mass is 10.1. The molecule has 2 amide bonds. The van der Waals surface area contributed by atoms with Crippen LogP contribution in [0.3, 0.4) is 0 Å². The Hall–Kier alpha value is -4.16. The molecule has 0 aromatic heterocycles. The van der Waals surface area contributed by atoms with Gasteiger partial charge in [0.2, 0.25) is 11.8 Å². The van der Waals surface area contributed by atoms with Crippen molar-refractivity contribution in [1.29, 1.82) is 0 Å². The van der Waals surface area contributed by atoms with Crippen LogP contribution in [0, 0.1) is 0 Å². The second-order valence-electron chi connectivity index (χ2n) is 13.7. The molecule has 1 aromatic rings. The third-order valence-corrected chi connectivity index (χ3v) is 6.77. The summed E-state index contributed by atoms with van der Waals surface area (Å²) in [6.07, 6.45) is 5.41. The zero-order valence-electron chi connectivity index (χ0n) is 29.2. The SMILES string of the molecule is CC(C)(C)OC(=O)c1ccc(OCCCCCCCCCC(=O)NC(CCC(=O)NC(CCC(=O)O)C(=O)O)C(=O)OC(C)(C)C)cc1. The van der Waals surface area contributed by atoms with Crippen LogP contribution >= 0.6 is 0 Å². The number of hydrogen-bond acceptors (Lipinski definition) is 9. The topological polar surface area (TPSA) is 195 Å². The van der Waals surface area contributed by atoms with Gasteiger partial charge in [0.1, 0.15) is 29.0 Å². The molecule has 4 N–H and O–H groups in total. The number of carboxylic acids is 2. The first-order valence-corrected chi connectivity index (χ1v) is 16.6. The molecule has 0 heterocycles. The summed E-state index contributed by atoms with van der Waals surface area (Å²) in [5, 5.41) is 23.0. The summed E-state index contributed by atoms with van der Waals surface area (Å²) in [5.41, 5.74) is -0.903. The van der Waals surface area contributed by atoms with Crippen LogP contribution < -0.4 is 15.4 Å². The number of hydrogen-bond donors (Lipinski definition) is 4. The van der Waals surface area contributed by atoms with E-state index in [1.807, 2.05) is 20.8 Å². The molecule has 2 atom stereocenters. The molecular formula is C35H54N2O11. The number of unbranched alkanes of at least 4 members (excludes halogenated alkanes) is 6. The van der Waals surface area contributed by atoms with Crippen LogP contribution in [0.15, 0.2) is 24.3 Å². The highest BCUT2D eigenvalue weighted by molar-refractivity contribution is 5.90. The molecule has 0 aliphatic carbocycles. The summed E-state index contributed by atoms with van der Waals surface area (Å²) in [6.45, 7) is 11.1. The molecule has 1 rings (SSSR count). The molecule has 270 valence electrons. The largest absolute Gasteiger partial charge is 0.494 e. The first-order chi connectivity index (χ1) is 22.4. The van der Waals surface area contributed by atoms with E-state index in [4.69, 9.17) is 19.3 Å². The van der Waals surface area contributed by atoms with Crippen molar-refractivity contribution in [3.8, 4) is 5.75 Å². The van der Waals surface area contributed by atoms with Gasteiger partial charge in [-0.15, -0.1) is 0 Å². The Kier molecular flexibility index (Phi) is 18.3. The number of rotatable bonds is 22. The molecule has 0 bridgehead atoms. The summed E-state index contributed by atoms with van der Waals surface area (Å²) in [4.78, 5) is 72.0. The number of aliphatic carboxylic acids is 2. The van der Waals surface area contributed by atoms with Gasteiger partial charge in [-0.05, 0) is 91.5 Å². The molecule has 2 unspecified atom stereocenters. The monoisotopic (exact) mass is 678 g/mol. The van der Waals surface area contributed by atoms with E-state index >= 15 is 0 Å². The van der Waals surface area contributed by atoms with Crippen LogP contribution in [-0.4, -0.2) is 75.8 Å². The van der Waals surface area contributed by atoms with Gasteiger partial charge in [0.25, 0.3) is 0 Å². The number of ether oxygens (including phenoxy) is 3. The van der Waals surface area contributed by atoms with Gasteiger partial charge in [0.15, 0.2) is 0 Å². The minimum Gasteiger partial charge on any atom is -0.494 e. The summed E-state index contributed by atoms with van der Waals surface area (Å²) in [5.74, 6) is -3.97. The summed E-state index contributed by atoms with van der Waals surface area (Å²) in [6, 6.07) is 4.40. The number of esters is 2. The predicted molar refractivity (Wildman–Crippen MR) is 177 cm³/mol. The quantitative estimate of drug-likeness (QED) is 0.0932. The van der Waals surface area contributed by atoms with Crippen molar-refractivity contribution in [2.75, 3.05) is 6.61 Å². The highest BCUT2D eigenvalue weighted by Crippen LogP contribution is 2.17. The average Bonchev–Trinajstić information content (AvgIpc) is 2.96. The van der Waals surface area contributed by atoms with Gasteiger partial charge in [-0.1, -0.05) is 32.1 Å². The number of carbonyl (C=O) groups is 6. The van der Waals surface area contributed by atoms with E-state index in [0.717, 1.165) is 38.5 Å². The number of benzene rings is 1. The molecule has 0 spiro atoms. The summed E-state index contributed by atoms with van der Waals surface area (Å²) >= 11 is 0. The Morgan fingerprint density at radius 2 is 1.15 bits per heavy atom. The van der Waals surface area contributed by atoms with E-state index in [0.29, 0.717) is 24.3 Å². The maximum atomic E-state index is 12.7. The molecular weight excluding hydrogens is 624 g/mol. The van der Waals surface area contributed by atoms with Gasteiger partial charge in [0, 0.05) is 19.3 Å². The van der Waals surface area contributed by atoms with Crippen molar-refractivity contribution < 1.29 is 53.2 Å². The molecule has 13 heteroatoms. The minimum atomic E-state index is -1.38. The predicted octanol–water partition coefficient (Wildman–Crippen LogP) is 5.18. The van der Waals surface area contributed by atoms with Crippen molar-refractivity contribution in [1.82, 2.24) is 10.6 Å².